The predicted octanol–water partition coefficient (Wildman–Crippen LogP) is 2.83. The van der Waals surface area contributed by atoms with E-state index in [-0.39, 0.29) is 11.9 Å². The van der Waals surface area contributed by atoms with Crippen molar-refractivity contribution in [2.24, 2.45) is 0 Å². The zero-order chi connectivity index (χ0) is 18.4. The molecule has 0 saturated heterocycles. The fourth-order valence-electron chi connectivity index (χ4n) is 3.19. The van der Waals surface area contributed by atoms with Crippen LogP contribution >= 0.6 is 0 Å². The van der Waals surface area contributed by atoms with Gasteiger partial charge >= 0.3 is 0 Å². The number of hydrogen-bond donors (Lipinski definition) is 4. The van der Waals surface area contributed by atoms with Crippen LogP contribution in [0.3, 0.4) is 0 Å². The molecule has 0 aliphatic heterocycles. The van der Waals surface area contributed by atoms with E-state index in [4.69, 9.17) is 5.73 Å². The number of imidazole rings is 1. The molecule has 0 amide bonds. The molecular formula is C18H19N9. The van der Waals surface area contributed by atoms with Gasteiger partial charge in [-0.15, -0.1) is 0 Å². The van der Waals surface area contributed by atoms with Gasteiger partial charge < -0.3 is 16.0 Å². The van der Waals surface area contributed by atoms with Crippen LogP contribution in [0.2, 0.25) is 0 Å². The molecule has 4 aromatic rings. The van der Waals surface area contributed by atoms with Crippen molar-refractivity contribution >= 4 is 28.6 Å². The smallest absolute Gasteiger partial charge is 0.221 e. The maximum absolute atomic E-state index is 5.82. The molecule has 0 radical (unpaired) electrons. The Morgan fingerprint density at radius 3 is 2.93 bits per heavy atom. The Kier molecular flexibility index (Phi) is 3.52. The topological polar surface area (TPSA) is 134 Å². The molecule has 1 unspecified atom stereocenters. The van der Waals surface area contributed by atoms with Crippen LogP contribution in [0.5, 0.6) is 0 Å². The molecule has 4 heterocycles. The standard InChI is InChI=1S/C18H19N9/c1-9(12-4-14-15(7-20-12)23-8-22-14)11-6-21-18(19)25-17(11)24-16-5-13(26-27-16)10-2-3-10/h4-10H,2-3H2,1H3,(H,22,23)(H4,19,21,24,25,26,27). The van der Waals surface area contributed by atoms with Crippen molar-refractivity contribution in [3.8, 4) is 0 Å². The monoisotopic (exact) mass is 361 g/mol. The molecular weight excluding hydrogens is 342 g/mol. The largest absolute Gasteiger partial charge is 0.368 e. The number of anilines is 3. The molecule has 27 heavy (non-hydrogen) atoms. The van der Waals surface area contributed by atoms with Gasteiger partial charge in [0.2, 0.25) is 5.95 Å². The lowest BCUT2D eigenvalue weighted by molar-refractivity contribution is 0.860. The van der Waals surface area contributed by atoms with Crippen LogP contribution in [-0.2, 0) is 0 Å². The molecule has 1 atom stereocenters. The molecule has 1 aliphatic carbocycles. The number of nitrogens with one attached hydrogen (secondary N) is 3. The van der Waals surface area contributed by atoms with Crippen molar-refractivity contribution in [3.63, 3.8) is 0 Å². The molecule has 1 fully saturated rings. The van der Waals surface area contributed by atoms with Crippen LogP contribution in [0.15, 0.2) is 30.9 Å². The minimum Gasteiger partial charge on any atom is -0.368 e. The Bertz CT molecular complexity index is 1110. The van der Waals surface area contributed by atoms with Gasteiger partial charge in [0.1, 0.15) is 5.82 Å². The highest BCUT2D eigenvalue weighted by molar-refractivity contribution is 5.74. The van der Waals surface area contributed by atoms with Gasteiger partial charge in [0.25, 0.3) is 0 Å². The maximum Gasteiger partial charge on any atom is 0.221 e. The van der Waals surface area contributed by atoms with Crippen LogP contribution in [0.4, 0.5) is 17.6 Å². The van der Waals surface area contributed by atoms with Crippen molar-refractivity contribution in [3.05, 3.63) is 47.8 Å². The first-order chi connectivity index (χ1) is 13.2. The summed E-state index contributed by atoms with van der Waals surface area (Å²) in [5, 5.41) is 10.7. The van der Waals surface area contributed by atoms with Crippen LogP contribution < -0.4 is 11.1 Å². The minimum atomic E-state index is -0.0453. The molecule has 5 N–H and O–H groups in total. The highest BCUT2D eigenvalue weighted by Gasteiger charge is 2.26. The molecule has 9 nitrogen and oxygen atoms in total. The van der Waals surface area contributed by atoms with Crippen molar-refractivity contribution < 1.29 is 0 Å². The first-order valence-electron chi connectivity index (χ1n) is 8.91. The van der Waals surface area contributed by atoms with E-state index in [9.17, 15) is 0 Å². The van der Waals surface area contributed by atoms with E-state index >= 15 is 0 Å². The van der Waals surface area contributed by atoms with E-state index in [0.717, 1.165) is 33.8 Å². The molecule has 0 aromatic carbocycles. The lowest BCUT2D eigenvalue weighted by Gasteiger charge is -2.15. The average Bonchev–Trinajstić information content (AvgIpc) is 3.23. The quantitative estimate of drug-likeness (QED) is 0.429. The summed E-state index contributed by atoms with van der Waals surface area (Å²) in [6, 6.07) is 3.99. The Balaban J connectivity index is 1.48. The van der Waals surface area contributed by atoms with E-state index in [1.54, 1.807) is 18.7 Å². The zero-order valence-corrected chi connectivity index (χ0v) is 14.8. The second-order valence-electron chi connectivity index (χ2n) is 6.89. The first kappa shape index (κ1) is 15.7. The van der Waals surface area contributed by atoms with E-state index in [1.165, 1.54) is 12.8 Å². The number of nitrogens with zero attached hydrogens (tertiary/aromatic N) is 5. The van der Waals surface area contributed by atoms with Crippen molar-refractivity contribution in [2.45, 2.75) is 31.6 Å². The van der Waals surface area contributed by atoms with Crippen LogP contribution in [0.25, 0.3) is 11.0 Å². The molecule has 136 valence electrons. The van der Waals surface area contributed by atoms with Gasteiger partial charge in [-0.2, -0.15) is 10.1 Å². The van der Waals surface area contributed by atoms with E-state index in [2.05, 4.69) is 47.4 Å². The first-order valence-corrected chi connectivity index (χ1v) is 8.91. The molecule has 0 spiro atoms. The summed E-state index contributed by atoms with van der Waals surface area (Å²) in [5.41, 5.74) is 10.5. The van der Waals surface area contributed by atoms with Gasteiger partial charge in [-0.05, 0) is 18.9 Å². The number of pyridine rings is 1. The fourth-order valence-corrected chi connectivity index (χ4v) is 3.19. The molecule has 1 aliphatic rings. The number of aromatic nitrogens is 7. The average molecular weight is 361 g/mol. The summed E-state index contributed by atoms with van der Waals surface area (Å²) >= 11 is 0. The Morgan fingerprint density at radius 1 is 1.19 bits per heavy atom. The van der Waals surface area contributed by atoms with Gasteiger partial charge in [-0.25, -0.2) is 9.97 Å². The third kappa shape index (κ3) is 2.97. The van der Waals surface area contributed by atoms with Crippen molar-refractivity contribution in [1.29, 1.82) is 0 Å². The Labute approximate surface area is 154 Å². The third-order valence-electron chi connectivity index (χ3n) is 4.93. The SMILES string of the molecule is CC(c1cc2nc[nH]c2cn1)c1cnc(N)nc1Nc1cc(C2CC2)[nH]n1. The number of rotatable bonds is 5. The second kappa shape index (κ2) is 6.04. The molecule has 1 saturated carbocycles. The van der Waals surface area contributed by atoms with Crippen LogP contribution in [0, 0.1) is 0 Å². The molecule has 4 aromatic heterocycles. The van der Waals surface area contributed by atoms with Gasteiger partial charge in [0.15, 0.2) is 5.82 Å². The number of hydrogen-bond acceptors (Lipinski definition) is 7. The van der Waals surface area contributed by atoms with Crippen LogP contribution in [-0.4, -0.2) is 35.1 Å². The lowest BCUT2D eigenvalue weighted by atomic mass is 9.98. The summed E-state index contributed by atoms with van der Waals surface area (Å²) in [7, 11) is 0. The lowest BCUT2D eigenvalue weighted by Crippen LogP contribution is -2.08. The number of nitrogen functional groups attached to an aromatic ring is 1. The number of fused-ring (bicyclic) bond motifs is 1. The molecule has 5 rings (SSSR count). The zero-order valence-electron chi connectivity index (χ0n) is 14.8. The molecule has 0 bridgehead atoms. The van der Waals surface area contributed by atoms with Gasteiger partial charge in [0.05, 0.1) is 29.3 Å². The normalized spacial score (nSPS) is 15.1. The summed E-state index contributed by atoms with van der Waals surface area (Å²) in [6.45, 7) is 2.06. The van der Waals surface area contributed by atoms with E-state index in [1.807, 2.05) is 12.1 Å². The summed E-state index contributed by atoms with van der Waals surface area (Å²) in [6.07, 6.45) is 7.61. The summed E-state index contributed by atoms with van der Waals surface area (Å²) < 4.78 is 0. The van der Waals surface area contributed by atoms with Crippen molar-refractivity contribution in [1.82, 2.24) is 35.1 Å². The summed E-state index contributed by atoms with van der Waals surface area (Å²) in [5.74, 6) is 2.12. The highest BCUT2D eigenvalue weighted by atomic mass is 15.2. The number of H-pyrrole nitrogens is 2. The maximum atomic E-state index is 5.82. The third-order valence-corrected chi connectivity index (χ3v) is 4.93. The van der Waals surface area contributed by atoms with Crippen molar-refractivity contribution in [2.75, 3.05) is 11.1 Å². The highest BCUT2D eigenvalue weighted by Crippen LogP contribution is 2.40. The van der Waals surface area contributed by atoms with Gasteiger partial charge in [-0.3, -0.25) is 10.1 Å². The fraction of sp³-hybridized carbons (Fsp3) is 0.278. The Morgan fingerprint density at radius 2 is 2.07 bits per heavy atom. The van der Waals surface area contributed by atoms with E-state index in [0.29, 0.717) is 11.7 Å². The van der Waals surface area contributed by atoms with E-state index < -0.39 is 0 Å². The second-order valence-corrected chi connectivity index (χ2v) is 6.89. The van der Waals surface area contributed by atoms with Gasteiger partial charge in [-0.1, -0.05) is 6.92 Å². The van der Waals surface area contributed by atoms with Gasteiger partial charge in [0, 0.05) is 35.4 Å². The number of nitrogens with two attached hydrogens (primary N) is 1. The predicted molar refractivity (Wildman–Crippen MR) is 102 cm³/mol. The van der Waals surface area contributed by atoms with Crippen LogP contribution in [0.1, 0.15) is 48.6 Å². The minimum absolute atomic E-state index is 0.0453. The Hall–Kier alpha value is -3.49. The molecule has 9 heteroatoms. The number of aromatic amines is 2. The summed E-state index contributed by atoms with van der Waals surface area (Å²) in [4.78, 5) is 20.5.